The lowest BCUT2D eigenvalue weighted by Crippen LogP contribution is -2.21. The van der Waals surface area contributed by atoms with Crippen molar-refractivity contribution in [3.8, 4) is 0 Å². The molecule has 2 rings (SSSR count). The maximum Gasteiger partial charge on any atom is 0.0747 e. The molecule has 1 saturated heterocycles. The summed E-state index contributed by atoms with van der Waals surface area (Å²) in [5.74, 6) is 0. The molecule has 0 aromatic heterocycles. The van der Waals surface area contributed by atoms with E-state index in [1.54, 1.807) is 0 Å². The number of aliphatic hydroxyl groups excluding tert-OH is 1. The Morgan fingerprint density at radius 1 is 1.38 bits per heavy atom. The summed E-state index contributed by atoms with van der Waals surface area (Å²) < 4.78 is 0. The van der Waals surface area contributed by atoms with Gasteiger partial charge < -0.3 is 16.2 Å². The number of nitrogens with two attached hydrogens (primary N) is 1. The second-order valence-electron chi connectivity index (χ2n) is 3.42. The zero-order valence-electron chi connectivity index (χ0n) is 7.40. The van der Waals surface area contributed by atoms with Crippen LogP contribution >= 0.6 is 0 Å². The Morgan fingerprint density at radius 2 is 2.15 bits per heavy atom. The quantitative estimate of drug-likeness (QED) is 0.554. The number of nitrogen functional groups attached to an aromatic ring is 1. The van der Waals surface area contributed by atoms with Crippen molar-refractivity contribution in [2.75, 3.05) is 12.3 Å². The molecule has 0 spiro atoms. The van der Waals surface area contributed by atoms with E-state index >= 15 is 0 Å². The number of aliphatic hydroxyl groups is 1. The standard InChI is InChI=1S/C10H14N2O/c11-8-4-2-1-3-7(8)10-9(13)5-6-12-10/h1-4,9-10,12-13H,5-6,11H2/t9-,10-/m1/s1. The fourth-order valence-corrected chi connectivity index (χ4v) is 1.80. The van der Waals surface area contributed by atoms with Gasteiger partial charge in [0.05, 0.1) is 12.1 Å². The minimum absolute atomic E-state index is 0.0150. The first-order chi connectivity index (χ1) is 6.29. The Balaban J connectivity index is 2.29. The van der Waals surface area contributed by atoms with Gasteiger partial charge in [-0.15, -0.1) is 0 Å². The van der Waals surface area contributed by atoms with Crippen LogP contribution in [0.15, 0.2) is 24.3 Å². The second-order valence-corrected chi connectivity index (χ2v) is 3.42. The van der Waals surface area contributed by atoms with E-state index in [-0.39, 0.29) is 12.1 Å². The molecule has 0 radical (unpaired) electrons. The largest absolute Gasteiger partial charge is 0.398 e. The topological polar surface area (TPSA) is 58.3 Å². The lowest BCUT2D eigenvalue weighted by Gasteiger charge is -2.16. The zero-order chi connectivity index (χ0) is 9.26. The fourth-order valence-electron chi connectivity index (χ4n) is 1.80. The number of hydrogen-bond acceptors (Lipinski definition) is 3. The van der Waals surface area contributed by atoms with Gasteiger partial charge in [0, 0.05) is 5.69 Å². The Kier molecular flexibility index (Phi) is 2.20. The molecule has 0 unspecified atom stereocenters. The first-order valence-corrected chi connectivity index (χ1v) is 4.55. The van der Waals surface area contributed by atoms with Gasteiger partial charge in [-0.2, -0.15) is 0 Å². The number of para-hydroxylation sites is 1. The highest BCUT2D eigenvalue weighted by Crippen LogP contribution is 2.27. The van der Waals surface area contributed by atoms with Crippen molar-refractivity contribution in [2.24, 2.45) is 0 Å². The molecule has 2 atom stereocenters. The average molecular weight is 178 g/mol. The third kappa shape index (κ3) is 1.53. The van der Waals surface area contributed by atoms with Crippen molar-refractivity contribution in [1.82, 2.24) is 5.32 Å². The summed E-state index contributed by atoms with van der Waals surface area (Å²) in [7, 11) is 0. The summed E-state index contributed by atoms with van der Waals surface area (Å²) in [5, 5.41) is 12.9. The zero-order valence-corrected chi connectivity index (χ0v) is 7.40. The first kappa shape index (κ1) is 8.53. The maximum atomic E-state index is 9.65. The number of benzene rings is 1. The van der Waals surface area contributed by atoms with Crippen LogP contribution in [0.2, 0.25) is 0 Å². The van der Waals surface area contributed by atoms with Crippen molar-refractivity contribution in [3.05, 3.63) is 29.8 Å². The van der Waals surface area contributed by atoms with Crippen molar-refractivity contribution in [3.63, 3.8) is 0 Å². The van der Waals surface area contributed by atoms with Gasteiger partial charge in [-0.05, 0) is 24.6 Å². The normalized spacial score (nSPS) is 27.8. The lowest BCUT2D eigenvalue weighted by molar-refractivity contribution is 0.160. The minimum atomic E-state index is -0.301. The van der Waals surface area contributed by atoms with Crippen molar-refractivity contribution >= 4 is 5.69 Å². The van der Waals surface area contributed by atoms with Gasteiger partial charge in [0.15, 0.2) is 0 Å². The highest BCUT2D eigenvalue weighted by Gasteiger charge is 2.26. The Morgan fingerprint density at radius 3 is 2.77 bits per heavy atom. The van der Waals surface area contributed by atoms with Gasteiger partial charge in [0.1, 0.15) is 0 Å². The maximum absolute atomic E-state index is 9.65. The SMILES string of the molecule is Nc1ccccc1[C@H]1NCC[C@H]1O. The number of rotatable bonds is 1. The predicted molar refractivity (Wildman–Crippen MR) is 52.2 cm³/mol. The van der Waals surface area contributed by atoms with E-state index in [4.69, 9.17) is 5.73 Å². The molecule has 3 heteroatoms. The Hall–Kier alpha value is -1.06. The molecule has 0 aliphatic carbocycles. The molecule has 4 N–H and O–H groups in total. The van der Waals surface area contributed by atoms with Crippen LogP contribution in [0.1, 0.15) is 18.0 Å². The molecule has 0 saturated carbocycles. The van der Waals surface area contributed by atoms with Crippen molar-refractivity contribution in [2.45, 2.75) is 18.6 Å². The number of nitrogens with one attached hydrogen (secondary N) is 1. The summed E-state index contributed by atoms with van der Waals surface area (Å²) in [6, 6.07) is 7.68. The van der Waals surface area contributed by atoms with Crippen LogP contribution in [0, 0.1) is 0 Å². The van der Waals surface area contributed by atoms with Gasteiger partial charge in [0.2, 0.25) is 0 Å². The van der Waals surface area contributed by atoms with Crippen molar-refractivity contribution < 1.29 is 5.11 Å². The smallest absolute Gasteiger partial charge is 0.0747 e. The molecular weight excluding hydrogens is 164 g/mol. The van der Waals surface area contributed by atoms with Crippen LogP contribution in [0.3, 0.4) is 0 Å². The molecular formula is C10H14N2O. The summed E-state index contributed by atoms with van der Waals surface area (Å²) in [6.07, 6.45) is 0.503. The van der Waals surface area contributed by atoms with E-state index in [1.165, 1.54) is 0 Å². The molecule has 3 nitrogen and oxygen atoms in total. The molecule has 1 aliphatic heterocycles. The molecule has 13 heavy (non-hydrogen) atoms. The third-order valence-corrected chi connectivity index (χ3v) is 2.52. The molecule has 1 aromatic rings. The van der Waals surface area contributed by atoms with E-state index in [1.807, 2.05) is 24.3 Å². The monoisotopic (exact) mass is 178 g/mol. The molecule has 1 aliphatic rings. The van der Waals surface area contributed by atoms with E-state index < -0.39 is 0 Å². The molecule has 1 heterocycles. The van der Waals surface area contributed by atoms with Gasteiger partial charge in [0.25, 0.3) is 0 Å². The number of hydrogen-bond donors (Lipinski definition) is 3. The first-order valence-electron chi connectivity index (χ1n) is 4.55. The van der Waals surface area contributed by atoms with Crippen LogP contribution in [0.5, 0.6) is 0 Å². The van der Waals surface area contributed by atoms with E-state index in [0.717, 1.165) is 24.2 Å². The Bertz CT molecular complexity index is 301. The molecule has 0 bridgehead atoms. The Labute approximate surface area is 77.6 Å². The molecule has 0 amide bonds. The number of anilines is 1. The average Bonchev–Trinajstić information content (AvgIpc) is 2.52. The molecule has 70 valence electrons. The van der Waals surface area contributed by atoms with Gasteiger partial charge in [-0.3, -0.25) is 0 Å². The highest BCUT2D eigenvalue weighted by molar-refractivity contribution is 5.48. The van der Waals surface area contributed by atoms with E-state index in [0.29, 0.717) is 0 Å². The van der Waals surface area contributed by atoms with Gasteiger partial charge in [-0.25, -0.2) is 0 Å². The third-order valence-electron chi connectivity index (χ3n) is 2.52. The molecule has 1 aromatic carbocycles. The fraction of sp³-hybridized carbons (Fsp3) is 0.400. The van der Waals surface area contributed by atoms with E-state index in [9.17, 15) is 5.11 Å². The van der Waals surface area contributed by atoms with Crippen LogP contribution in [-0.2, 0) is 0 Å². The van der Waals surface area contributed by atoms with Gasteiger partial charge >= 0.3 is 0 Å². The summed E-state index contributed by atoms with van der Waals surface area (Å²) >= 11 is 0. The van der Waals surface area contributed by atoms with Crippen LogP contribution in [0.25, 0.3) is 0 Å². The molecule has 1 fully saturated rings. The second kappa shape index (κ2) is 3.36. The van der Waals surface area contributed by atoms with Crippen LogP contribution in [-0.4, -0.2) is 17.8 Å². The summed E-state index contributed by atoms with van der Waals surface area (Å²) in [6.45, 7) is 0.861. The van der Waals surface area contributed by atoms with Crippen molar-refractivity contribution in [1.29, 1.82) is 0 Å². The van der Waals surface area contributed by atoms with Gasteiger partial charge in [-0.1, -0.05) is 18.2 Å². The van der Waals surface area contributed by atoms with E-state index in [2.05, 4.69) is 5.32 Å². The predicted octanol–water partition coefficient (Wildman–Crippen LogP) is 0.664. The van der Waals surface area contributed by atoms with Crippen LogP contribution < -0.4 is 11.1 Å². The highest BCUT2D eigenvalue weighted by atomic mass is 16.3. The lowest BCUT2D eigenvalue weighted by atomic mass is 10.0. The summed E-state index contributed by atoms with van der Waals surface area (Å²) in [4.78, 5) is 0. The van der Waals surface area contributed by atoms with Crippen LogP contribution in [0.4, 0.5) is 5.69 Å². The summed E-state index contributed by atoms with van der Waals surface area (Å²) in [5.41, 5.74) is 7.57. The minimum Gasteiger partial charge on any atom is -0.398 e.